The van der Waals surface area contributed by atoms with Crippen molar-refractivity contribution in [1.29, 1.82) is 0 Å². The van der Waals surface area contributed by atoms with E-state index in [-0.39, 0.29) is 31.1 Å². The zero-order chi connectivity index (χ0) is 47.9. The fraction of sp³-hybridized carbons (Fsp3) is 0.750. The molecule has 6 nitrogen and oxygen atoms in total. The minimum atomic E-state index is -0.779. The number of allylic oxidation sites excluding steroid dienone is 12. The number of hydrogen-bond acceptors (Lipinski definition) is 6. The summed E-state index contributed by atoms with van der Waals surface area (Å²) in [6.07, 6.45) is 69.0. The van der Waals surface area contributed by atoms with Gasteiger partial charge < -0.3 is 14.2 Å². The highest BCUT2D eigenvalue weighted by Crippen LogP contribution is 2.15. The van der Waals surface area contributed by atoms with Crippen LogP contribution in [0.2, 0.25) is 0 Å². The first kappa shape index (κ1) is 62.8. The van der Waals surface area contributed by atoms with E-state index in [1.165, 1.54) is 122 Å². The third kappa shape index (κ3) is 51.8. The van der Waals surface area contributed by atoms with Gasteiger partial charge in [0.1, 0.15) is 13.2 Å². The molecule has 1 unspecified atom stereocenters. The number of rotatable bonds is 50. The molecule has 0 bridgehead atoms. The average Bonchev–Trinajstić information content (AvgIpc) is 3.31. The number of hydrogen-bond donors (Lipinski definition) is 0. The van der Waals surface area contributed by atoms with Crippen molar-refractivity contribution in [2.45, 2.75) is 277 Å². The third-order valence-corrected chi connectivity index (χ3v) is 11.9. The molecule has 6 heteroatoms. The average molecular weight is 921 g/mol. The van der Waals surface area contributed by atoms with Crippen molar-refractivity contribution in [1.82, 2.24) is 0 Å². The second kappa shape index (κ2) is 54.5. The zero-order valence-corrected chi connectivity index (χ0v) is 43.4. The second-order valence-corrected chi connectivity index (χ2v) is 18.5. The van der Waals surface area contributed by atoms with Crippen LogP contribution in [0.15, 0.2) is 72.9 Å². The quantitative estimate of drug-likeness (QED) is 0.0262. The van der Waals surface area contributed by atoms with E-state index in [9.17, 15) is 14.4 Å². The molecule has 0 heterocycles. The van der Waals surface area contributed by atoms with Crippen LogP contribution in [0.3, 0.4) is 0 Å². The first-order chi connectivity index (χ1) is 32.5. The Labute approximate surface area is 408 Å². The maximum atomic E-state index is 12.8. The van der Waals surface area contributed by atoms with Gasteiger partial charge in [-0.05, 0) is 89.9 Å². The topological polar surface area (TPSA) is 78.9 Å². The van der Waals surface area contributed by atoms with Crippen LogP contribution in [0.25, 0.3) is 0 Å². The lowest BCUT2D eigenvalue weighted by atomic mass is 10.1. The van der Waals surface area contributed by atoms with Crippen LogP contribution in [-0.2, 0) is 28.6 Å². The maximum absolute atomic E-state index is 12.8. The number of ether oxygens (including phenoxy) is 3. The molecule has 0 aromatic heterocycles. The molecule has 0 aliphatic heterocycles. The Morgan fingerprint density at radius 3 is 0.939 bits per heavy atom. The molecule has 0 N–H and O–H groups in total. The summed E-state index contributed by atoms with van der Waals surface area (Å²) in [6.45, 7) is 6.49. The highest BCUT2D eigenvalue weighted by Gasteiger charge is 2.19. The predicted octanol–water partition coefficient (Wildman–Crippen LogP) is 18.6. The first-order valence-electron chi connectivity index (χ1n) is 27.9. The van der Waals surface area contributed by atoms with E-state index >= 15 is 0 Å². The minimum absolute atomic E-state index is 0.0787. The van der Waals surface area contributed by atoms with E-state index in [1.807, 2.05) is 0 Å². The Bertz CT molecular complexity index is 1240. The molecule has 0 aromatic rings. The van der Waals surface area contributed by atoms with Crippen LogP contribution in [-0.4, -0.2) is 37.2 Å². The van der Waals surface area contributed by atoms with Crippen molar-refractivity contribution < 1.29 is 28.6 Å². The van der Waals surface area contributed by atoms with Gasteiger partial charge in [-0.25, -0.2) is 0 Å². The molecule has 0 saturated heterocycles. The summed E-state index contributed by atoms with van der Waals surface area (Å²) in [6, 6.07) is 0. The van der Waals surface area contributed by atoms with Gasteiger partial charge in [0.15, 0.2) is 6.10 Å². The summed E-state index contributed by atoms with van der Waals surface area (Å²) in [5, 5.41) is 0. The summed E-state index contributed by atoms with van der Waals surface area (Å²) in [4.78, 5) is 37.9. The summed E-state index contributed by atoms with van der Waals surface area (Å²) in [5.41, 5.74) is 0. The minimum Gasteiger partial charge on any atom is -0.462 e. The normalized spacial score (nSPS) is 12.6. The van der Waals surface area contributed by atoms with Crippen LogP contribution in [0.5, 0.6) is 0 Å². The van der Waals surface area contributed by atoms with Gasteiger partial charge in [-0.15, -0.1) is 0 Å². The standard InChI is InChI=1S/C60H104O6/c1-4-7-10-13-16-19-21-23-25-26-27-28-29-30-31-32-33-34-36-37-39-41-44-47-50-53-59(62)65-56-57(55-64-58(61)52-49-46-43-18-15-12-9-6-3)66-60(63)54-51-48-45-42-40-38-35-24-22-20-17-14-11-8-5-2/h7,10,16,19,23-25,27-28,30-31,35,57H,4-6,8-9,11-15,17-18,20-22,26,29,32-34,36-56H2,1-3H3/b10-7-,19-16-,25-23-,28-27-,31-30-,35-24-. The molecule has 0 aromatic carbocycles. The molecule has 0 radical (unpaired) electrons. The summed E-state index contributed by atoms with van der Waals surface area (Å²) in [7, 11) is 0. The molecular formula is C60H104O6. The number of unbranched alkanes of at least 4 members (excludes halogenated alkanes) is 27. The lowest BCUT2D eigenvalue weighted by molar-refractivity contribution is -0.167. The highest BCUT2D eigenvalue weighted by atomic mass is 16.6. The number of esters is 3. The second-order valence-electron chi connectivity index (χ2n) is 18.5. The van der Waals surface area contributed by atoms with Crippen LogP contribution in [0.1, 0.15) is 271 Å². The van der Waals surface area contributed by atoms with Crippen LogP contribution >= 0.6 is 0 Å². The first-order valence-corrected chi connectivity index (χ1v) is 27.9. The van der Waals surface area contributed by atoms with Crippen molar-refractivity contribution in [2.75, 3.05) is 13.2 Å². The maximum Gasteiger partial charge on any atom is 0.306 e. The zero-order valence-electron chi connectivity index (χ0n) is 43.4. The molecule has 0 rings (SSSR count). The van der Waals surface area contributed by atoms with Gasteiger partial charge in [0.2, 0.25) is 0 Å². The van der Waals surface area contributed by atoms with E-state index in [1.54, 1.807) is 0 Å². The number of carbonyl (C=O) groups is 3. The van der Waals surface area contributed by atoms with Crippen molar-refractivity contribution in [2.24, 2.45) is 0 Å². The van der Waals surface area contributed by atoms with E-state index in [2.05, 4.69) is 93.7 Å². The van der Waals surface area contributed by atoms with Crippen LogP contribution in [0.4, 0.5) is 0 Å². The fourth-order valence-electron chi connectivity index (χ4n) is 7.76. The van der Waals surface area contributed by atoms with Crippen molar-refractivity contribution >= 4 is 17.9 Å². The molecule has 380 valence electrons. The Kier molecular flexibility index (Phi) is 51.9. The van der Waals surface area contributed by atoms with Crippen molar-refractivity contribution in [3.05, 3.63) is 72.9 Å². The lowest BCUT2D eigenvalue weighted by Gasteiger charge is -2.18. The third-order valence-electron chi connectivity index (χ3n) is 11.9. The van der Waals surface area contributed by atoms with E-state index in [0.717, 1.165) is 109 Å². The van der Waals surface area contributed by atoms with Gasteiger partial charge in [0.25, 0.3) is 0 Å². The molecule has 0 spiro atoms. The van der Waals surface area contributed by atoms with Gasteiger partial charge >= 0.3 is 17.9 Å². The molecule has 66 heavy (non-hydrogen) atoms. The lowest BCUT2D eigenvalue weighted by Crippen LogP contribution is -2.30. The largest absolute Gasteiger partial charge is 0.462 e. The Balaban J connectivity index is 4.22. The highest BCUT2D eigenvalue weighted by molar-refractivity contribution is 5.71. The molecular weight excluding hydrogens is 817 g/mol. The number of carbonyl (C=O) groups excluding carboxylic acids is 3. The summed E-state index contributed by atoms with van der Waals surface area (Å²) in [5.74, 6) is -0.892. The van der Waals surface area contributed by atoms with E-state index in [4.69, 9.17) is 14.2 Å². The van der Waals surface area contributed by atoms with Gasteiger partial charge in [-0.3, -0.25) is 14.4 Å². The van der Waals surface area contributed by atoms with Crippen molar-refractivity contribution in [3.63, 3.8) is 0 Å². The molecule has 0 saturated carbocycles. The van der Waals surface area contributed by atoms with Gasteiger partial charge in [-0.1, -0.05) is 235 Å². The molecule has 0 amide bonds. The molecule has 0 aliphatic rings. The smallest absolute Gasteiger partial charge is 0.306 e. The Morgan fingerprint density at radius 1 is 0.318 bits per heavy atom. The molecule has 1 atom stereocenters. The van der Waals surface area contributed by atoms with Crippen LogP contribution in [0, 0.1) is 0 Å². The Morgan fingerprint density at radius 2 is 0.591 bits per heavy atom. The summed E-state index contributed by atoms with van der Waals surface area (Å²) >= 11 is 0. The van der Waals surface area contributed by atoms with Gasteiger partial charge in [0, 0.05) is 19.3 Å². The fourth-order valence-corrected chi connectivity index (χ4v) is 7.76. The van der Waals surface area contributed by atoms with Gasteiger partial charge in [-0.2, -0.15) is 0 Å². The molecule has 0 fully saturated rings. The van der Waals surface area contributed by atoms with E-state index < -0.39 is 6.10 Å². The van der Waals surface area contributed by atoms with Gasteiger partial charge in [0.05, 0.1) is 0 Å². The molecule has 0 aliphatic carbocycles. The predicted molar refractivity (Wildman–Crippen MR) is 284 cm³/mol. The summed E-state index contributed by atoms with van der Waals surface area (Å²) < 4.78 is 16.8. The monoisotopic (exact) mass is 921 g/mol. The Hall–Kier alpha value is -3.15. The van der Waals surface area contributed by atoms with E-state index in [0.29, 0.717) is 19.3 Å². The van der Waals surface area contributed by atoms with Crippen LogP contribution < -0.4 is 0 Å². The van der Waals surface area contributed by atoms with Crippen molar-refractivity contribution in [3.8, 4) is 0 Å². The SMILES string of the molecule is CC/C=C\C/C=C\C/C=C\C/C=C\C/C=C\CCCCCCCCCCCC(=O)OCC(COC(=O)CCCCCCCCCC)OC(=O)CCCCCCC/C=C\CCCCCCCC.